The number of rotatable bonds is 7. The summed E-state index contributed by atoms with van der Waals surface area (Å²) in [5, 5.41) is 6.23. The highest BCUT2D eigenvalue weighted by atomic mass is 16.1. The van der Waals surface area contributed by atoms with E-state index >= 15 is 0 Å². The quantitative estimate of drug-likeness (QED) is 0.630. The van der Waals surface area contributed by atoms with Crippen LogP contribution in [-0.4, -0.2) is 25.5 Å². The topological polar surface area (TPSA) is 41.1 Å². The predicted octanol–water partition coefficient (Wildman–Crippen LogP) is 1.68. The maximum Gasteiger partial charge on any atom is 0.220 e. The molecule has 1 fully saturated rings. The average Bonchev–Trinajstić information content (AvgIpc) is 2.70. The van der Waals surface area contributed by atoms with Gasteiger partial charge < -0.3 is 10.6 Å². The van der Waals surface area contributed by atoms with Gasteiger partial charge in [0.25, 0.3) is 0 Å². The lowest BCUT2D eigenvalue weighted by Crippen LogP contribution is -2.28. The van der Waals surface area contributed by atoms with E-state index in [4.69, 9.17) is 0 Å². The summed E-state index contributed by atoms with van der Waals surface area (Å²) in [5.74, 6) is 0.914. The van der Waals surface area contributed by atoms with E-state index in [9.17, 15) is 4.79 Å². The van der Waals surface area contributed by atoms with Gasteiger partial charge in [-0.3, -0.25) is 4.79 Å². The number of amides is 1. The van der Waals surface area contributed by atoms with Gasteiger partial charge in [0.05, 0.1) is 0 Å². The van der Waals surface area contributed by atoms with Gasteiger partial charge in [-0.25, -0.2) is 0 Å². The van der Waals surface area contributed by atoms with Crippen molar-refractivity contribution in [1.82, 2.24) is 10.6 Å². The highest BCUT2D eigenvalue weighted by molar-refractivity contribution is 5.76. The molecular weight excluding hydrogens is 188 g/mol. The molecule has 88 valence electrons. The van der Waals surface area contributed by atoms with E-state index in [0.717, 1.165) is 32.5 Å². The third-order valence-corrected chi connectivity index (χ3v) is 3.05. The van der Waals surface area contributed by atoms with E-state index in [2.05, 4.69) is 17.6 Å². The van der Waals surface area contributed by atoms with Crippen molar-refractivity contribution >= 4 is 5.91 Å². The summed E-state index contributed by atoms with van der Waals surface area (Å²) >= 11 is 0. The Kier molecular flexibility index (Phi) is 6.41. The van der Waals surface area contributed by atoms with Crippen molar-refractivity contribution in [2.45, 2.75) is 45.4 Å². The Labute approximate surface area is 93.0 Å². The zero-order valence-corrected chi connectivity index (χ0v) is 9.85. The fraction of sp³-hybridized carbons (Fsp3) is 0.917. The number of nitrogens with one attached hydrogen (secondary N) is 2. The molecule has 15 heavy (non-hydrogen) atoms. The standard InChI is InChI=1S/C12H24N2O/c1-2-13-8-5-9-14-12(15)10-11-6-3-4-7-11/h11,13H,2-10H2,1H3,(H,14,15). The van der Waals surface area contributed by atoms with E-state index in [1.165, 1.54) is 25.7 Å². The molecule has 1 saturated carbocycles. The van der Waals surface area contributed by atoms with Crippen LogP contribution in [0.25, 0.3) is 0 Å². The maximum atomic E-state index is 11.5. The van der Waals surface area contributed by atoms with E-state index in [1.54, 1.807) is 0 Å². The maximum absolute atomic E-state index is 11.5. The molecule has 0 saturated heterocycles. The van der Waals surface area contributed by atoms with Crippen LogP contribution in [0.4, 0.5) is 0 Å². The normalized spacial score (nSPS) is 16.9. The summed E-state index contributed by atoms with van der Waals surface area (Å²) in [6.07, 6.45) is 6.93. The molecule has 0 radical (unpaired) electrons. The molecule has 3 nitrogen and oxygen atoms in total. The summed E-state index contributed by atoms with van der Waals surface area (Å²) in [5.41, 5.74) is 0. The molecule has 1 amide bonds. The monoisotopic (exact) mass is 212 g/mol. The van der Waals surface area contributed by atoms with E-state index in [-0.39, 0.29) is 5.91 Å². The van der Waals surface area contributed by atoms with Gasteiger partial charge in [-0.05, 0) is 38.3 Å². The lowest BCUT2D eigenvalue weighted by Gasteiger charge is -2.09. The van der Waals surface area contributed by atoms with Crippen LogP contribution >= 0.6 is 0 Å². The molecule has 0 aromatic rings. The van der Waals surface area contributed by atoms with Crippen LogP contribution in [0.2, 0.25) is 0 Å². The summed E-state index contributed by atoms with van der Waals surface area (Å²) in [6.45, 7) is 4.92. The van der Waals surface area contributed by atoms with Gasteiger partial charge in [-0.15, -0.1) is 0 Å². The Hall–Kier alpha value is -0.570. The van der Waals surface area contributed by atoms with Crippen LogP contribution < -0.4 is 10.6 Å². The summed E-state index contributed by atoms with van der Waals surface area (Å²) in [7, 11) is 0. The Morgan fingerprint density at radius 3 is 2.67 bits per heavy atom. The van der Waals surface area contributed by atoms with Crippen molar-refractivity contribution in [2.75, 3.05) is 19.6 Å². The van der Waals surface area contributed by atoms with Gasteiger partial charge in [-0.2, -0.15) is 0 Å². The van der Waals surface area contributed by atoms with Gasteiger partial charge >= 0.3 is 0 Å². The zero-order valence-electron chi connectivity index (χ0n) is 9.85. The van der Waals surface area contributed by atoms with E-state index in [1.807, 2.05) is 0 Å². The largest absolute Gasteiger partial charge is 0.356 e. The number of hydrogen-bond donors (Lipinski definition) is 2. The van der Waals surface area contributed by atoms with Gasteiger partial charge in [-0.1, -0.05) is 19.8 Å². The molecule has 0 aliphatic heterocycles. The summed E-state index contributed by atoms with van der Waals surface area (Å²) in [4.78, 5) is 11.5. The first-order valence-electron chi connectivity index (χ1n) is 6.30. The van der Waals surface area contributed by atoms with Crippen LogP contribution in [0.1, 0.15) is 45.4 Å². The van der Waals surface area contributed by atoms with Gasteiger partial charge in [0.1, 0.15) is 0 Å². The SMILES string of the molecule is CCNCCCNC(=O)CC1CCCC1. The smallest absolute Gasteiger partial charge is 0.220 e. The fourth-order valence-electron chi connectivity index (χ4n) is 2.17. The van der Waals surface area contributed by atoms with Crippen LogP contribution in [0.5, 0.6) is 0 Å². The lowest BCUT2D eigenvalue weighted by atomic mass is 10.0. The highest BCUT2D eigenvalue weighted by Gasteiger charge is 2.17. The molecule has 0 heterocycles. The lowest BCUT2D eigenvalue weighted by molar-refractivity contribution is -0.121. The van der Waals surface area contributed by atoms with Crippen molar-refractivity contribution in [1.29, 1.82) is 0 Å². The second-order valence-corrected chi connectivity index (χ2v) is 4.41. The van der Waals surface area contributed by atoms with Crippen molar-refractivity contribution < 1.29 is 4.79 Å². The Balaban J connectivity index is 1.93. The molecule has 1 aliphatic carbocycles. The molecule has 3 heteroatoms. The highest BCUT2D eigenvalue weighted by Crippen LogP contribution is 2.27. The molecule has 2 N–H and O–H groups in total. The first-order valence-corrected chi connectivity index (χ1v) is 6.30. The average molecular weight is 212 g/mol. The molecule has 1 rings (SSSR count). The van der Waals surface area contributed by atoms with Crippen molar-refractivity contribution in [3.05, 3.63) is 0 Å². The molecule has 0 atom stereocenters. The third-order valence-electron chi connectivity index (χ3n) is 3.05. The Morgan fingerprint density at radius 1 is 1.27 bits per heavy atom. The van der Waals surface area contributed by atoms with E-state index in [0.29, 0.717) is 5.92 Å². The van der Waals surface area contributed by atoms with Gasteiger partial charge in [0.2, 0.25) is 5.91 Å². The van der Waals surface area contributed by atoms with E-state index < -0.39 is 0 Å². The zero-order chi connectivity index (χ0) is 10.9. The summed E-state index contributed by atoms with van der Waals surface area (Å²) < 4.78 is 0. The summed E-state index contributed by atoms with van der Waals surface area (Å²) in [6, 6.07) is 0. The number of hydrogen-bond acceptors (Lipinski definition) is 2. The van der Waals surface area contributed by atoms with Crippen molar-refractivity contribution in [2.24, 2.45) is 5.92 Å². The molecular formula is C12H24N2O. The number of carbonyl (C=O) groups is 1. The molecule has 0 unspecified atom stereocenters. The first-order chi connectivity index (χ1) is 7.33. The molecule has 0 aromatic heterocycles. The van der Waals surface area contributed by atoms with Crippen molar-refractivity contribution in [3.8, 4) is 0 Å². The first kappa shape index (κ1) is 12.5. The minimum Gasteiger partial charge on any atom is -0.356 e. The molecule has 1 aliphatic rings. The third kappa shape index (κ3) is 5.78. The fourth-order valence-corrected chi connectivity index (χ4v) is 2.17. The van der Waals surface area contributed by atoms with Crippen LogP contribution in [0.15, 0.2) is 0 Å². The predicted molar refractivity (Wildman–Crippen MR) is 62.7 cm³/mol. The van der Waals surface area contributed by atoms with Crippen molar-refractivity contribution in [3.63, 3.8) is 0 Å². The van der Waals surface area contributed by atoms with Crippen LogP contribution in [-0.2, 0) is 4.79 Å². The minimum absolute atomic E-state index is 0.249. The Bertz CT molecular complexity index is 176. The van der Waals surface area contributed by atoms with Crippen LogP contribution in [0.3, 0.4) is 0 Å². The molecule has 0 spiro atoms. The molecule has 0 bridgehead atoms. The minimum atomic E-state index is 0.249. The van der Waals surface area contributed by atoms with Gasteiger partial charge in [0.15, 0.2) is 0 Å². The molecule has 0 aromatic carbocycles. The Morgan fingerprint density at radius 2 is 2.00 bits per heavy atom. The second-order valence-electron chi connectivity index (χ2n) is 4.41. The number of carbonyl (C=O) groups excluding carboxylic acids is 1. The second kappa shape index (κ2) is 7.69. The van der Waals surface area contributed by atoms with Crippen LogP contribution in [0, 0.1) is 5.92 Å². The van der Waals surface area contributed by atoms with Gasteiger partial charge in [0, 0.05) is 13.0 Å².